The van der Waals surface area contributed by atoms with Crippen molar-refractivity contribution in [3.8, 4) is 17.2 Å². The predicted octanol–water partition coefficient (Wildman–Crippen LogP) is 3.42. The lowest BCUT2D eigenvalue weighted by molar-refractivity contribution is -0.125. The van der Waals surface area contributed by atoms with Crippen LogP contribution < -0.4 is 19.5 Å². The van der Waals surface area contributed by atoms with Gasteiger partial charge in [-0.3, -0.25) is 4.79 Å². The Hall–Kier alpha value is -1.91. The molecule has 0 heterocycles. The number of amides is 1. The van der Waals surface area contributed by atoms with Crippen LogP contribution in [-0.2, 0) is 4.79 Å². The summed E-state index contributed by atoms with van der Waals surface area (Å²) < 4.78 is 16.3. The van der Waals surface area contributed by atoms with Crippen molar-refractivity contribution >= 4 is 5.91 Å². The molecule has 1 aromatic rings. The van der Waals surface area contributed by atoms with Gasteiger partial charge in [0.25, 0.3) is 5.91 Å². The predicted molar refractivity (Wildman–Crippen MR) is 98.7 cm³/mol. The molecule has 1 N–H and O–H groups in total. The molecule has 0 radical (unpaired) electrons. The van der Waals surface area contributed by atoms with Gasteiger partial charge in [0.15, 0.2) is 18.1 Å². The summed E-state index contributed by atoms with van der Waals surface area (Å²) in [4.78, 5) is 12.4. The lowest BCUT2D eigenvalue weighted by Crippen LogP contribution is -2.51. The van der Waals surface area contributed by atoms with E-state index in [-0.39, 0.29) is 12.5 Å². The topological polar surface area (TPSA) is 56.8 Å². The summed E-state index contributed by atoms with van der Waals surface area (Å²) in [6, 6.07) is 5.42. The summed E-state index contributed by atoms with van der Waals surface area (Å²) in [5.74, 6) is 4.22. The SMILES string of the molecule is COc1cccc(OC)c1OCC(=O)NCC12CC3CC(CC(C3)C1)C2. The van der Waals surface area contributed by atoms with E-state index in [4.69, 9.17) is 14.2 Å². The molecule has 4 fully saturated rings. The summed E-state index contributed by atoms with van der Waals surface area (Å²) in [6.45, 7) is 0.769. The van der Waals surface area contributed by atoms with E-state index >= 15 is 0 Å². The summed E-state index contributed by atoms with van der Waals surface area (Å²) in [5.41, 5.74) is 0.340. The van der Waals surface area contributed by atoms with Crippen molar-refractivity contribution in [3.05, 3.63) is 18.2 Å². The number of methoxy groups -OCH3 is 2. The fourth-order valence-corrected chi connectivity index (χ4v) is 5.94. The number of benzene rings is 1. The van der Waals surface area contributed by atoms with E-state index in [0.29, 0.717) is 22.7 Å². The zero-order valence-corrected chi connectivity index (χ0v) is 15.8. The molecule has 5 rings (SSSR count). The molecule has 4 aliphatic carbocycles. The smallest absolute Gasteiger partial charge is 0.257 e. The highest BCUT2D eigenvalue weighted by Crippen LogP contribution is 2.59. The van der Waals surface area contributed by atoms with Gasteiger partial charge in [0.05, 0.1) is 14.2 Å². The van der Waals surface area contributed by atoms with Crippen molar-refractivity contribution in [1.29, 1.82) is 0 Å². The largest absolute Gasteiger partial charge is 0.493 e. The van der Waals surface area contributed by atoms with E-state index in [1.807, 2.05) is 6.07 Å². The van der Waals surface area contributed by atoms with E-state index in [0.717, 1.165) is 24.3 Å². The maximum Gasteiger partial charge on any atom is 0.257 e. The average Bonchev–Trinajstić information content (AvgIpc) is 2.63. The summed E-state index contributed by atoms with van der Waals surface area (Å²) >= 11 is 0. The van der Waals surface area contributed by atoms with Crippen LogP contribution in [0.1, 0.15) is 38.5 Å². The van der Waals surface area contributed by atoms with Crippen LogP contribution in [0.15, 0.2) is 18.2 Å². The second-order valence-electron chi connectivity index (χ2n) is 8.47. The number of carbonyl (C=O) groups is 1. The zero-order valence-electron chi connectivity index (χ0n) is 15.8. The van der Waals surface area contributed by atoms with Crippen molar-refractivity contribution in [1.82, 2.24) is 5.32 Å². The number of hydrogen-bond acceptors (Lipinski definition) is 4. The molecule has 0 aromatic heterocycles. The van der Waals surface area contributed by atoms with Crippen molar-refractivity contribution in [3.63, 3.8) is 0 Å². The van der Waals surface area contributed by atoms with Gasteiger partial charge in [0.2, 0.25) is 5.75 Å². The van der Waals surface area contributed by atoms with Crippen LogP contribution in [0.5, 0.6) is 17.2 Å². The fourth-order valence-electron chi connectivity index (χ4n) is 5.94. The number of ether oxygens (including phenoxy) is 3. The van der Waals surface area contributed by atoms with E-state index < -0.39 is 0 Å². The second kappa shape index (κ2) is 7.01. The lowest BCUT2D eigenvalue weighted by Gasteiger charge is -2.56. The molecule has 5 nitrogen and oxygen atoms in total. The number of rotatable bonds is 7. The summed E-state index contributed by atoms with van der Waals surface area (Å²) in [6.07, 6.45) is 8.14. The molecule has 142 valence electrons. The Bertz CT molecular complexity index is 614. The monoisotopic (exact) mass is 359 g/mol. The first-order chi connectivity index (χ1) is 12.6. The molecule has 0 unspecified atom stereocenters. The van der Waals surface area contributed by atoms with Crippen LogP contribution >= 0.6 is 0 Å². The molecule has 1 aromatic carbocycles. The molecule has 0 atom stereocenters. The third-order valence-electron chi connectivity index (χ3n) is 6.56. The van der Waals surface area contributed by atoms with Crippen LogP contribution in [-0.4, -0.2) is 33.3 Å². The third-order valence-corrected chi connectivity index (χ3v) is 6.56. The van der Waals surface area contributed by atoms with Crippen LogP contribution in [0.2, 0.25) is 0 Å². The molecule has 5 heteroatoms. The van der Waals surface area contributed by atoms with Gasteiger partial charge in [-0.15, -0.1) is 0 Å². The highest BCUT2D eigenvalue weighted by molar-refractivity contribution is 5.77. The molecule has 0 spiro atoms. The molecule has 0 aliphatic heterocycles. The summed E-state index contributed by atoms with van der Waals surface area (Å²) in [7, 11) is 3.16. The van der Waals surface area contributed by atoms with Crippen molar-refractivity contribution in [2.75, 3.05) is 27.4 Å². The standard InChI is InChI=1S/C21H29NO4/c1-24-17-4-3-5-18(25-2)20(17)26-12-19(23)22-13-21-9-14-6-15(10-21)8-16(7-14)11-21/h3-5,14-16H,6-13H2,1-2H3,(H,22,23). The molecule has 4 saturated carbocycles. The van der Waals surface area contributed by atoms with Gasteiger partial charge >= 0.3 is 0 Å². The lowest BCUT2D eigenvalue weighted by atomic mass is 9.49. The minimum atomic E-state index is -0.0753. The molecule has 4 bridgehead atoms. The molecule has 26 heavy (non-hydrogen) atoms. The third kappa shape index (κ3) is 3.36. The summed E-state index contributed by atoms with van der Waals surface area (Å²) in [5, 5.41) is 3.14. The molecular weight excluding hydrogens is 330 g/mol. The van der Waals surface area contributed by atoms with Gasteiger partial charge in [0.1, 0.15) is 0 Å². The van der Waals surface area contributed by atoms with E-state index in [1.54, 1.807) is 26.4 Å². The first-order valence-electron chi connectivity index (χ1n) is 9.71. The minimum absolute atomic E-state index is 0.0247. The van der Waals surface area contributed by atoms with Gasteiger partial charge in [0, 0.05) is 6.54 Å². The maximum atomic E-state index is 12.4. The Morgan fingerprint density at radius 2 is 1.58 bits per heavy atom. The van der Waals surface area contributed by atoms with Crippen LogP contribution in [0.4, 0.5) is 0 Å². The molecule has 4 aliphatic rings. The molecule has 1 amide bonds. The maximum absolute atomic E-state index is 12.4. The van der Waals surface area contributed by atoms with Crippen LogP contribution in [0.3, 0.4) is 0 Å². The Morgan fingerprint density at radius 3 is 2.08 bits per heavy atom. The Kier molecular flexibility index (Phi) is 4.72. The second-order valence-corrected chi connectivity index (χ2v) is 8.47. The Balaban J connectivity index is 1.33. The van der Waals surface area contributed by atoms with Crippen LogP contribution in [0, 0.1) is 23.2 Å². The van der Waals surface area contributed by atoms with Gasteiger partial charge < -0.3 is 19.5 Å². The van der Waals surface area contributed by atoms with Gasteiger partial charge in [-0.25, -0.2) is 0 Å². The van der Waals surface area contributed by atoms with E-state index in [1.165, 1.54) is 38.5 Å². The normalized spacial score (nSPS) is 31.5. The quantitative estimate of drug-likeness (QED) is 0.810. The number of hydrogen-bond donors (Lipinski definition) is 1. The van der Waals surface area contributed by atoms with Crippen molar-refractivity contribution in [2.24, 2.45) is 23.2 Å². The van der Waals surface area contributed by atoms with E-state index in [2.05, 4.69) is 5.32 Å². The number of para-hydroxylation sites is 1. The first-order valence-corrected chi connectivity index (χ1v) is 9.71. The molecular formula is C21H29NO4. The number of nitrogens with one attached hydrogen (secondary N) is 1. The highest BCUT2D eigenvalue weighted by Gasteiger charge is 2.50. The highest BCUT2D eigenvalue weighted by atomic mass is 16.5. The van der Waals surface area contributed by atoms with E-state index in [9.17, 15) is 4.79 Å². The molecule has 0 saturated heterocycles. The van der Waals surface area contributed by atoms with Gasteiger partial charge in [-0.05, 0) is 73.8 Å². The minimum Gasteiger partial charge on any atom is -0.493 e. The van der Waals surface area contributed by atoms with Gasteiger partial charge in [-0.1, -0.05) is 6.07 Å². The van der Waals surface area contributed by atoms with Crippen molar-refractivity contribution < 1.29 is 19.0 Å². The number of carbonyl (C=O) groups excluding carboxylic acids is 1. The zero-order chi connectivity index (χ0) is 18.1. The Labute approximate surface area is 155 Å². The fraction of sp³-hybridized carbons (Fsp3) is 0.667. The van der Waals surface area contributed by atoms with Crippen LogP contribution in [0.25, 0.3) is 0 Å². The van der Waals surface area contributed by atoms with Gasteiger partial charge in [-0.2, -0.15) is 0 Å². The average molecular weight is 359 g/mol. The van der Waals surface area contributed by atoms with Crippen molar-refractivity contribution in [2.45, 2.75) is 38.5 Å². The Morgan fingerprint density at radius 1 is 1.04 bits per heavy atom. The first kappa shape index (κ1) is 17.5.